The maximum absolute atomic E-state index is 13.5. The molecule has 0 spiro atoms. The molecule has 1 unspecified atom stereocenters. The van der Waals surface area contributed by atoms with Crippen molar-refractivity contribution in [2.24, 2.45) is 10.3 Å². The highest BCUT2D eigenvalue weighted by atomic mass is 32.2. The first-order valence-corrected chi connectivity index (χ1v) is 15.8. The number of carbonyl (C=O) groups is 1. The predicted molar refractivity (Wildman–Crippen MR) is 156 cm³/mol. The van der Waals surface area contributed by atoms with Crippen LogP contribution in [-0.2, 0) is 37.4 Å². The van der Waals surface area contributed by atoms with Crippen molar-refractivity contribution < 1.29 is 71.6 Å². The Morgan fingerprint density at radius 2 is 1.30 bits per heavy atom. The molecule has 12 nitrogen and oxygen atoms in total. The molecular weight excluding hydrogens is 690 g/mol. The summed E-state index contributed by atoms with van der Waals surface area (Å²) >= 11 is 0.0982. The summed E-state index contributed by atoms with van der Waals surface area (Å²) < 4.78 is 133. The van der Waals surface area contributed by atoms with Gasteiger partial charge in [-0.2, -0.15) is 34.8 Å². The van der Waals surface area contributed by atoms with E-state index in [0.717, 1.165) is 43.3 Å². The van der Waals surface area contributed by atoms with E-state index in [0.29, 0.717) is 6.42 Å². The van der Waals surface area contributed by atoms with E-state index in [1.807, 2.05) is 0 Å². The van der Waals surface area contributed by atoms with Crippen LogP contribution in [0.4, 0.5) is 26.3 Å². The SMILES string of the molecule is CCCOOSON=C(c1ccc(OCC(COc2ccc(C(=NOS(=O)(=O)CCC)C(F)(F)F)cc2)OC(C)=O)cc1)C(F)(F)F. The van der Waals surface area contributed by atoms with E-state index >= 15 is 0 Å². The lowest BCUT2D eigenvalue weighted by molar-refractivity contribution is -0.196. The predicted octanol–water partition coefficient (Wildman–Crippen LogP) is 6.30. The number of oxime groups is 2. The van der Waals surface area contributed by atoms with Gasteiger partial charge in [-0.25, -0.2) is 4.89 Å². The molecule has 0 aliphatic heterocycles. The molecule has 1 atom stereocenters. The Morgan fingerprint density at radius 3 is 1.72 bits per heavy atom. The van der Waals surface area contributed by atoms with Gasteiger partial charge in [0.05, 0.1) is 12.4 Å². The molecule has 0 saturated heterocycles. The van der Waals surface area contributed by atoms with Crippen LogP contribution in [0.25, 0.3) is 0 Å². The molecule has 0 aliphatic rings. The van der Waals surface area contributed by atoms with Crippen LogP contribution < -0.4 is 9.47 Å². The largest absolute Gasteiger partial charge is 0.490 e. The second-order valence-electron chi connectivity index (χ2n) is 9.15. The molecule has 0 N–H and O–H groups in total. The normalized spacial score (nSPS) is 13.6. The Labute approximate surface area is 270 Å². The van der Waals surface area contributed by atoms with Crippen molar-refractivity contribution in [2.75, 3.05) is 25.6 Å². The minimum atomic E-state index is -5.05. The quantitative estimate of drug-likeness (QED) is 0.0307. The zero-order chi connectivity index (χ0) is 35.1. The summed E-state index contributed by atoms with van der Waals surface area (Å²) in [5, 5.41) is 5.85. The van der Waals surface area contributed by atoms with Gasteiger partial charge in [0.25, 0.3) is 12.3 Å². The molecule has 262 valence electrons. The van der Waals surface area contributed by atoms with E-state index in [2.05, 4.69) is 28.1 Å². The Balaban J connectivity index is 2.06. The fraction of sp³-hybridized carbons (Fsp3) is 0.444. The van der Waals surface area contributed by atoms with E-state index in [1.54, 1.807) is 6.92 Å². The van der Waals surface area contributed by atoms with Crippen LogP contribution in [0.5, 0.6) is 11.5 Å². The molecule has 0 aliphatic carbocycles. The van der Waals surface area contributed by atoms with Crippen LogP contribution in [0.3, 0.4) is 0 Å². The molecule has 0 aromatic heterocycles. The summed E-state index contributed by atoms with van der Waals surface area (Å²) in [6, 6.07) is 8.72. The van der Waals surface area contributed by atoms with E-state index in [9.17, 15) is 39.6 Å². The van der Waals surface area contributed by atoms with Gasteiger partial charge in [-0.1, -0.05) is 24.2 Å². The van der Waals surface area contributed by atoms with Gasteiger partial charge < -0.3 is 14.2 Å². The first-order chi connectivity index (χ1) is 22.1. The number of esters is 1. The minimum absolute atomic E-state index is 0.0398. The van der Waals surface area contributed by atoms with E-state index < -0.39 is 57.3 Å². The second-order valence-corrected chi connectivity index (χ2v) is 11.2. The third-order valence-corrected chi connectivity index (χ3v) is 6.71. The molecule has 20 heteroatoms. The molecule has 0 heterocycles. The van der Waals surface area contributed by atoms with Crippen LogP contribution in [0.1, 0.15) is 44.7 Å². The molecule has 47 heavy (non-hydrogen) atoms. The number of benzene rings is 2. The highest BCUT2D eigenvalue weighted by Gasteiger charge is 2.39. The van der Waals surface area contributed by atoms with E-state index in [4.69, 9.17) is 14.2 Å². The summed E-state index contributed by atoms with van der Waals surface area (Å²) in [5.74, 6) is -1.12. The molecule has 0 bridgehead atoms. The molecule has 0 fully saturated rings. The highest BCUT2D eigenvalue weighted by Crippen LogP contribution is 2.27. The van der Waals surface area contributed by atoms with Crippen molar-refractivity contribution in [3.63, 3.8) is 0 Å². The zero-order valence-corrected chi connectivity index (χ0v) is 26.6. The number of ether oxygens (including phenoxy) is 3. The zero-order valence-electron chi connectivity index (χ0n) is 25.0. The topological polar surface area (TPSA) is 141 Å². The minimum Gasteiger partial charge on any atom is -0.490 e. The van der Waals surface area contributed by atoms with Gasteiger partial charge in [0.15, 0.2) is 17.5 Å². The van der Waals surface area contributed by atoms with Crippen LogP contribution in [-0.4, -0.2) is 69.8 Å². The van der Waals surface area contributed by atoms with Gasteiger partial charge in [0.1, 0.15) is 24.7 Å². The Morgan fingerprint density at radius 1 is 0.809 bits per heavy atom. The lowest BCUT2D eigenvalue weighted by atomic mass is 10.1. The fourth-order valence-electron chi connectivity index (χ4n) is 3.27. The molecule has 2 aromatic carbocycles. The molecule has 2 rings (SSSR count). The number of alkyl halides is 6. The Hall–Kier alpha value is -3.75. The lowest BCUT2D eigenvalue weighted by Crippen LogP contribution is -2.30. The summed E-state index contributed by atoms with van der Waals surface area (Å²) in [6.45, 7) is 3.94. The molecule has 0 amide bonds. The Bertz CT molecular complexity index is 1440. The van der Waals surface area contributed by atoms with Gasteiger partial charge in [-0.05, 0) is 61.4 Å². The molecule has 0 saturated carbocycles. The maximum atomic E-state index is 13.5. The van der Waals surface area contributed by atoms with Crippen molar-refractivity contribution in [3.05, 3.63) is 59.7 Å². The summed E-state index contributed by atoms with van der Waals surface area (Å²) in [6.07, 6.45) is -10.3. The molecule has 0 radical (unpaired) electrons. The summed E-state index contributed by atoms with van der Waals surface area (Å²) in [5.41, 5.74) is -3.84. The van der Waals surface area contributed by atoms with Crippen molar-refractivity contribution in [1.82, 2.24) is 0 Å². The number of rotatable bonds is 19. The average molecular weight is 721 g/mol. The van der Waals surface area contributed by atoms with Gasteiger partial charge in [-0.15, -0.1) is 4.33 Å². The van der Waals surface area contributed by atoms with E-state index in [-0.39, 0.29) is 55.6 Å². The number of nitrogens with zero attached hydrogens (tertiary/aromatic N) is 2. The van der Waals surface area contributed by atoms with E-state index in [1.165, 1.54) is 19.1 Å². The van der Waals surface area contributed by atoms with Crippen molar-refractivity contribution in [1.29, 1.82) is 0 Å². The van der Waals surface area contributed by atoms with Crippen LogP contribution in [0.15, 0.2) is 58.8 Å². The van der Waals surface area contributed by atoms with Crippen LogP contribution >= 0.6 is 12.3 Å². The number of hydrogen-bond donors (Lipinski definition) is 0. The van der Waals surface area contributed by atoms with Crippen molar-refractivity contribution >= 4 is 39.8 Å². The smallest absolute Gasteiger partial charge is 0.437 e. The number of carbonyl (C=O) groups excluding carboxylic acids is 1. The third-order valence-electron chi connectivity index (χ3n) is 5.22. The van der Waals surface area contributed by atoms with Crippen molar-refractivity contribution in [2.45, 2.75) is 52.1 Å². The second kappa shape index (κ2) is 18.6. The molecular formula is C27H30F6N2O10S2. The first-order valence-electron chi connectivity index (χ1n) is 13.5. The van der Waals surface area contributed by atoms with Crippen LogP contribution in [0, 0.1) is 0 Å². The standard InChI is InChI=1S/C27H30F6N2O10S2/c1-4-14-41-45-46-43-34-24(26(28,29)30)19-6-10-21(11-7-19)39-16-23(42-18(3)36)17-40-22-12-8-20(9-13-22)25(27(31,32)33)35-44-47(37,38)15-5-2/h6-13,23H,4-5,14-17H2,1-3H3. The summed E-state index contributed by atoms with van der Waals surface area (Å²) in [7, 11) is -4.31. The number of hydrogen-bond acceptors (Lipinski definition) is 13. The lowest BCUT2D eigenvalue weighted by Gasteiger charge is -2.19. The van der Waals surface area contributed by atoms with Gasteiger partial charge >= 0.3 is 28.4 Å². The highest BCUT2D eigenvalue weighted by molar-refractivity contribution is 7.89. The van der Waals surface area contributed by atoms with Crippen LogP contribution in [0.2, 0.25) is 0 Å². The monoisotopic (exact) mass is 720 g/mol. The van der Waals surface area contributed by atoms with Crippen molar-refractivity contribution in [3.8, 4) is 11.5 Å². The van der Waals surface area contributed by atoms with Gasteiger partial charge in [0.2, 0.25) is 0 Å². The van der Waals surface area contributed by atoms with Gasteiger partial charge in [0, 0.05) is 18.1 Å². The van der Waals surface area contributed by atoms with Gasteiger partial charge in [-0.3, -0.25) is 13.4 Å². The Kier molecular flexibility index (Phi) is 15.6. The number of halogens is 6. The first kappa shape index (κ1) is 39.4. The fourth-order valence-corrected chi connectivity index (χ4v) is 4.27. The maximum Gasteiger partial charge on any atom is 0.437 e. The summed E-state index contributed by atoms with van der Waals surface area (Å²) in [4.78, 5) is 16.2. The third kappa shape index (κ3) is 14.7. The average Bonchev–Trinajstić information content (AvgIpc) is 2.97. The molecule has 2 aromatic rings.